The fourth-order valence-electron chi connectivity index (χ4n) is 0.371. The van der Waals surface area contributed by atoms with Crippen molar-refractivity contribution in [1.29, 1.82) is 0 Å². The van der Waals surface area contributed by atoms with E-state index in [0.29, 0.717) is 0 Å². The van der Waals surface area contributed by atoms with Gasteiger partial charge in [-0.15, -0.1) is 0 Å². The molecule has 0 unspecified atom stereocenters. The summed E-state index contributed by atoms with van der Waals surface area (Å²) in [4.78, 5) is 0. The van der Waals surface area contributed by atoms with E-state index < -0.39 is 12.3 Å². The molecule has 0 heterocycles. The maximum Gasteiger partial charge on any atom is 0.123 e. The van der Waals surface area contributed by atoms with Crippen LogP contribution in [0.25, 0.3) is 0 Å². The van der Waals surface area contributed by atoms with Crippen LogP contribution in [0.15, 0.2) is 0 Å². The van der Waals surface area contributed by atoms with Gasteiger partial charge in [-0.05, 0) is 13.8 Å². The summed E-state index contributed by atoms with van der Waals surface area (Å²) in [7, 11) is 0. The van der Waals surface area contributed by atoms with Crippen molar-refractivity contribution in [3.8, 4) is 0 Å². The number of alkyl halides is 1. The summed E-state index contributed by atoms with van der Waals surface area (Å²) in [6.07, 6.45) is -1.37. The zero-order valence-electron chi connectivity index (χ0n) is 5.80. The standard InChI is InChI=1S/C6H13FO2/c1-5(7)6(2)9-4-3-8/h5-6,8H,3-4H2,1-2H3/t5-,6+/m1/s1. The molecular formula is C6H13FO2. The fraction of sp³-hybridized carbons (Fsp3) is 1.00. The molecular weight excluding hydrogens is 123 g/mol. The van der Waals surface area contributed by atoms with Gasteiger partial charge in [-0.2, -0.15) is 0 Å². The number of aliphatic hydroxyl groups is 1. The number of ether oxygens (including phenoxy) is 1. The molecule has 0 spiro atoms. The molecule has 0 saturated heterocycles. The van der Waals surface area contributed by atoms with Gasteiger partial charge in [-0.1, -0.05) is 0 Å². The molecule has 0 aromatic carbocycles. The summed E-state index contributed by atoms with van der Waals surface area (Å²) >= 11 is 0. The minimum atomic E-state index is -0.962. The van der Waals surface area contributed by atoms with E-state index in [4.69, 9.17) is 9.84 Å². The summed E-state index contributed by atoms with van der Waals surface area (Å²) in [5.74, 6) is 0. The summed E-state index contributed by atoms with van der Waals surface area (Å²) in [6.45, 7) is 3.24. The Kier molecular flexibility index (Phi) is 4.62. The van der Waals surface area contributed by atoms with E-state index in [1.807, 2.05) is 0 Å². The molecule has 0 radical (unpaired) electrons. The van der Waals surface area contributed by atoms with Crippen molar-refractivity contribution in [2.45, 2.75) is 26.1 Å². The second-order valence-corrected chi connectivity index (χ2v) is 1.98. The van der Waals surface area contributed by atoms with Crippen LogP contribution < -0.4 is 0 Å². The first-order valence-electron chi connectivity index (χ1n) is 3.05. The van der Waals surface area contributed by atoms with E-state index in [9.17, 15) is 4.39 Å². The predicted octanol–water partition coefficient (Wildman–Crippen LogP) is 0.742. The van der Waals surface area contributed by atoms with Crippen LogP contribution >= 0.6 is 0 Å². The van der Waals surface area contributed by atoms with Crippen LogP contribution in [-0.2, 0) is 4.74 Å². The monoisotopic (exact) mass is 136 g/mol. The molecule has 9 heavy (non-hydrogen) atoms. The van der Waals surface area contributed by atoms with E-state index in [2.05, 4.69) is 0 Å². The number of hydrogen-bond acceptors (Lipinski definition) is 2. The zero-order chi connectivity index (χ0) is 7.28. The van der Waals surface area contributed by atoms with Gasteiger partial charge in [0.25, 0.3) is 0 Å². The van der Waals surface area contributed by atoms with Gasteiger partial charge < -0.3 is 9.84 Å². The lowest BCUT2D eigenvalue weighted by Gasteiger charge is -2.12. The van der Waals surface area contributed by atoms with E-state index in [1.54, 1.807) is 6.92 Å². The van der Waals surface area contributed by atoms with Crippen molar-refractivity contribution in [3.63, 3.8) is 0 Å². The predicted molar refractivity (Wildman–Crippen MR) is 33.1 cm³/mol. The largest absolute Gasteiger partial charge is 0.394 e. The van der Waals surface area contributed by atoms with Gasteiger partial charge in [0.05, 0.1) is 19.3 Å². The van der Waals surface area contributed by atoms with Gasteiger partial charge in [0.1, 0.15) is 6.17 Å². The van der Waals surface area contributed by atoms with Gasteiger partial charge in [0, 0.05) is 0 Å². The zero-order valence-corrected chi connectivity index (χ0v) is 5.80. The van der Waals surface area contributed by atoms with Crippen LogP contribution in [0.2, 0.25) is 0 Å². The van der Waals surface area contributed by atoms with Crippen LogP contribution in [-0.4, -0.2) is 30.6 Å². The second-order valence-electron chi connectivity index (χ2n) is 1.98. The molecule has 0 aliphatic carbocycles. The lowest BCUT2D eigenvalue weighted by molar-refractivity contribution is -0.000699. The van der Waals surface area contributed by atoms with Crippen molar-refractivity contribution >= 4 is 0 Å². The van der Waals surface area contributed by atoms with Crippen molar-refractivity contribution < 1.29 is 14.2 Å². The Labute approximate surface area is 54.6 Å². The fourth-order valence-corrected chi connectivity index (χ4v) is 0.371. The lowest BCUT2D eigenvalue weighted by atomic mass is 10.3. The third kappa shape index (κ3) is 4.36. The van der Waals surface area contributed by atoms with Gasteiger partial charge in [-0.3, -0.25) is 0 Å². The van der Waals surface area contributed by atoms with E-state index >= 15 is 0 Å². The normalized spacial score (nSPS) is 17.3. The summed E-state index contributed by atoms with van der Waals surface area (Å²) in [6, 6.07) is 0. The average Bonchev–Trinajstić information content (AvgIpc) is 1.82. The molecule has 3 heteroatoms. The Morgan fingerprint density at radius 3 is 2.44 bits per heavy atom. The van der Waals surface area contributed by atoms with Gasteiger partial charge in [0.15, 0.2) is 0 Å². The minimum Gasteiger partial charge on any atom is -0.394 e. The highest BCUT2D eigenvalue weighted by Crippen LogP contribution is 2.00. The van der Waals surface area contributed by atoms with E-state index in [-0.39, 0.29) is 13.2 Å². The Bertz CT molecular complexity index is 66.1. The molecule has 0 saturated carbocycles. The highest BCUT2D eigenvalue weighted by Gasteiger charge is 2.09. The first-order valence-corrected chi connectivity index (χ1v) is 3.05. The maximum atomic E-state index is 12.2. The average molecular weight is 136 g/mol. The molecule has 1 N–H and O–H groups in total. The SMILES string of the molecule is C[C@H](OCCO)[C@@H](C)F. The molecule has 0 amide bonds. The Hall–Kier alpha value is -0.150. The summed E-state index contributed by atoms with van der Waals surface area (Å²) in [5, 5.41) is 8.25. The van der Waals surface area contributed by atoms with Crippen LogP contribution in [0.4, 0.5) is 4.39 Å². The van der Waals surface area contributed by atoms with Crippen LogP contribution in [0.5, 0.6) is 0 Å². The van der Waals surface area contributed by atoms with Crippen molar-refractivity contribution in [3.05, 3.63) is 0 Å². The third-order valence-electron chi connectivity index (χ3n) is 1.12. The lowest BCUT2D eigenvalue weighted by Crippen LogP contribution is -2.20. The second kappa shape index (κ2) is 4.70. The van der Waals surface area contributed by atoms with Gasteiger partial charge in [0.2, 0.25) is 0 Å². The Balaban J connectivity index is 3.16. The maximum absolute atomic E-state index is 12.2. The molecule has 0 aromatic rings. The van der Waals surface area contributed by atoms with Crippen molar-refractivity contribution in [2.75, 3.05) is 13.2 Å². The topological polar surface area (TPSA) is 29.5 Å². The van der Waals surface area contributed by atoms with Crippen molar-refractivity contribution in [1.82, 2.24) is 0 Å². The highest BCUT2D eigenvalue weighted by molar-refractivity contribution is 4.56. The summed E-state index contributed by atoms with van der Waals surface area (Å²) < 4.78 is 17.0. The molecule has 0 aliphatic heterocycles. The molecule has 2 nitrogen and oxygen atoms in total. The smallest absolute Gasteiger partial charge is 0.123 e. The number of halogens is 1. The Morgan fingerprint density at radius 1 is 1.56 bits per heavy atom. The molecule has 0 rings (SSSR count). The molecule has 0 aliphatic rings. The van der Waals surface area contributed by atoms with E-state index in [0.717, 1.165) is 0 Å². The number of hydrogen-bond donors (Lipinski definition) is 1. The van der Waals surface area contributed by atoms with Crippen LogP contribution in [0.3, 0.4) is 0 Å². The molecule has 0 aromatic heterocycles. The molecule has 0 bridgehead atoms. The molecule has 2 atom stereocenters. The van der Waals surface area contributed by atoms with Gasteiger partial charge in [-0.25, -0.2) is 4.39 Å². The quantitative estimate of drug-likeness (QED) is 0.617. The van der Waals surface area contributed by atoms with Gasteiger partial charge >= 0.3 is 0 Å². The highest BCUT2D eigenvalue weighted by atomic mass is 19.1. The van der Waals surface area contributed by atoms with Crippen LogP contribution in [0, 0.1) is 0 Å². The first kappa shape index (κ1) is 8.85. The van der Waals surface area contributed by atoms with E-state index in [1.165, 1.54) is 6.92 Å². The molecule has 0 fully saturated rings. The Morgan fingerprint density at radius 2 is 2.11 bits per heavy atom. The number of aliphatic hydroxyl groups excluding tert-OH is 1. The minimum absolute atomic E-state index is 0.0446. The van der Waals surface area contributed by atoms with Crippen molar-refractivity contribution in [2.24, 2.45) is 0 Å². The molecule has 56 valence electrons. The summed E-state index contributed by atoms with van der Waals surface area (Å²) in [5.41, 5.74) is 0. The first-order chi connectivity index (χ1) is 4.18. The number of rotatable bonds is 4. The van der Waals surface area contributed by atoms with Crippen LogP contribution in [0.1, 0.15) is 13.8 Å². The third-order valence-corrected chi connectivity index (χ3v) is 1.12.